The van der Waals surface area contributed by atoms with E-state index >= 15 is 0 Å². The number of aromatic nitrogens is 1. The van der Waals surface area contributed by atoms with Crippen molar-refractivity contribution in [1.29, 1.82) is 0 Å². The molecule has 0 spiro atoms. The van der Waals surface area contributed by atoms with Crippen molar-refractivity contribution < 1.29 is 5.11 Å². The molecule has 0 aromatic carbocycles. The van der Waals surface area contributed by atoms with E-state index in [0.717, 1.165) is 18.8 Å². The van der Waals surface area contributed by atoms with Crippen LogP contribution in [0.4, 0.5) is 0 Å². The Kier molecular flexibility index (Phi) is 5.78. The van der Waals surface area contributed by atoms with Crippen LogP contribution < -0.4 is 5.32 Å². The van der Waals surface area contributed by atoms with Gasteiger partial charge in [-0.15, -0.1) is 11.3 Å². The van der Waals surface area contributed by atoms with Crippen LogP contribution in [0.5, 0.6) is 0 Å². The van der Waals surface area contributed by atoms with Crippen molar-refractivity contribution in [3.63, 3.8) is 0 Å². The highest BCUT2D eigenvalue weighted by Gasteiger charge is 2.08. The minimum atomic E-state index is -0.311. The Balaban J connectivity index is 2.20. The zero-order chi connectivity index (χ0) is 11.1. The smallest absolute Gasteiger partial charge is 0.0795 e. The third-order valence-corrected chi connectivity index (χ3v) is 2.70. The summed E-state index contributed by atoms with van der Waals surface area (Å²) < 4.78 is 0. The molecule has 0 amide bonds. The fourth-order valence-corrected chi connectivity index (χ4v) is 1.94. The summed E-state index contributed by atoms with van der Waals surface area (Å²) in [6.07, 6.45) is -0.311. The van der Waals surface area contributed by atoms with Gasteiger partial charge in [-0.3, -0.25) is 4.90 Å². The summed E-state index contributed by atoms with van der Waals surface area (Å²) in [5.74, 6) is 0. The second-order valence-electron chi connectivity index (χ2n) is 3.64. The van der Waals surface area contributed by atoms with E-state index in [2.05, 4.69) is 15.2 Å². The van der Waals surface area contributed by atoms with Crippen LogP contribution in [0, 0.1) is 0 Å². The molecule has 1 aromatic heterocycles. The molecule has 0 aliphatic carbocycles. The molecule has 1 atom stereocenters. The molecule has 0 fully saturated rings. The largest absolute Gasteiger partial charge is 0.390 e. The lowest BCUT2D eigenvalue weighted by atomic mass is 10.3. The third-order valence-electron chi connectivity index (χ3n) is 2.07. The Hall–Kier alpha value is -0.490. The van der Waals surface area contributed by atoms with E-state index in [0.29, 0.717) is 13.1 Å². The van der Waals surface area contributed by atoms with Gasteiger partial charge in [0.05, 0.1) is 17.3 Å². The molecular formula is C10H19N3OS. The number of rotatable bonds is 7. The molecule has 86 valence electrons. The number of hydrogen-bond acceptors (Lipinski definition) is 5. The molecule has 0 saturated heterocycles. The lowest BCUT2D eigenvalue weighted by molar-refractivity contribution is 0.121. The standard InChI is InChI=1S/C10H19N3OS/c1-3-11-4-10(14)6-13(2)5-9-7-15-8-12-9/h7-8,10-11,14H,3-6H2,1-2H3. The highest BCUT2D eigenvalue weighted by molar-refractivity contribution is 7.07. The van der Waals surface area contributed by atoms with Crippen molar-refractivity contribution in [2.24, 2.45) is 0 Å². The van der Waals surface area contributed by atoms with E-state index in [1.54, 1.807) is 11.3 Å². The van der Waals surface area contributed by atoms with Gasteiger partial charge in [-0.05, 0) is 13.6 Å². The summed E-state index contributed by atoms with van der Waals surface area (Å²) in [5.41, 5.74) is 2.90. The topological polar surface area (TPSA) is 48.4 Å². The molecule has 0 aliphatic rings. The zero-order valence-corrected chi connectivity index (χ0v) is 10.1. The summed E-state index contributed by atoms with van der Waals surface area (Å²) in [5, 5.41) is 14.8. The van der Waals surface area contributed by atoms with Gasteiger partial charge in [0.2, 0.25) is 0 Å². The fraction of sp³-hybridized carbons (Fsp3) is 0.700. The number of nitrogens with zero attached hydrogens (tertiary/aromatic N) is 2. The molecule has 15 heavy (non-hydrogen) atoms. The van der Waals surface area contributed by atoms with E-state index in [1.807, 2.05) is 24.9 Å². The van der Waals surface area contributed by atoms with Gasteiger partial charge in [-0.2, -0.15) is 0 Å². The summed E-state index contributed by atoms with van der Waals surface area (Å²) in [4.78, 5) is 6.29. The first kappa shape index (κ1) is 12.6. The number of thiazole rings is 1. The van der Waals surface area contributed by atoms with Crippen LogP contribution in [-0.4, -0.2) is 47.8 Å². The molecular weight excluding hydrogens is 210 g/mol. The Bertz CT molecular complexity index is 253. The molecule has 1 unspecified atom stereocenters. The van der Waals surface area contributed by atoms with E-state index in [4.69, 9.17) is 0 Å². The van der Waals surface area contributed by atoms with Crippen molar-refractivity contribution >= 4 is 11.3 Å². The molecule has 0 saturated carbocycles. The maximum Gasteiger partial charge on any atom is 0.0795 e. The van der Waals surface area contributed by atoms with Gasteiger partial charge in [0.25, 0.3) is 0 Å². The SMILES string of the molecule is CCNCC(O)CN(C)Cc1cscn1. The van der Waals surface area contributed by atoms with E-state index in [1.165, 1.54) is 0 Å². The summed E-state index contributed by atoms with van der Waals surface area (Å²) >= 11 is 1.60. The first-order chi connectivity index (χ1) is 7.22. The predicted octanol–water partition coefficient (Wildman–Crippen LogP) is 0.545. The molecule has 4 nitrogen and oxygen atoms in total. The fourth-order valence-electron chi connectivity index (χ4n) is 1.39. The molecule has 1 heterocycles. The van der Waals surface area contributed by atoms with Gasteiger partial charge in [0.1, 0.15) is 0 Å². The third kappa shape index (κ3) is 5.22. The Morgan fingerprint density at radius 3 is 3.07 bits per heavy atom. The molecule has 0 bridgehead atoms. The minimum Gasteiger partial charge on any atom is -0.390 e. The number of nitrogens with one attached hydrogen (secondary N) is 1. The van der Waals surface area contributed by atoms with Gasteiger partial charge < -0.3 is 10.4 Å². The first-order valence-corrected chi connectivity index (χ1v) is 6.11. The molecule has 5 heteroatoms. The van der Waals surface area contributed by atoms with Crippen LogP contribution in [-0.2, 0) is 6.54 Å². The van der Waals surface area contributed by atoms with Crippen molar-refractivity contribution in [2.75, 3.05) is 26.7 Å². The molecule has 2 N–H and O–H groups in total. The number of aliphatic hydroxyl groups is 1. The quantitative estimate of drug-likeness (QED) is 0.717. The number of aliphatic hydroxyl groups excluding tert-OH is 1. The van der Waals surface area contributed by atoms with Crippen LogP contribution >= 0.6 is 11.3 Å². The predicted molar refractivity (Wildman–Crippen MR) is 63.0 cm³/mol. The second-order valence-corrected chi connectivity index (χ2v) is 4.36. The zero-order valence-electron chi connectivity index (χ0n) is 9.31. The number of hydrogen-bond donors (Lipinski definition) is 2. The van der Waals surface area contributed by atoms with Crippen LogP contribution in [0.25, 0.3) is 0 Å². The van der Waals surface area contributed by atoms with E-state index in [9.17, 15) is 5.11 Å². The van der Waals surface area contributed by atoms with E-state index < -0.39 is 0 Å². The second kappa shape index (κ2) is 6.90. The summed E-state index contributed by atoms with van der Waals surface area (Å²) in [7, 11) is 1.99. The van der Waals surface area contributed by atoms with Crippen LogP contribution in [0.2, 0.25) is 0 Å². The Morgan fingerprint density at radius 2 is 2.47 bits per heavy atom. The normalized spacial score (nSPS) is 13.3. The van der Waals surface area contributed by atoms with E-state index in [-0.39, 0.29) is 6.10 Å². The monoisotopic (exact) mass is 229 g/mol. The van der Waals surface area contributed by atoms with Crippen LogP contribution in [0.3, 0.4) is 0 Å². The lowest BCUT2D eigenvalue weighted by Crippen LogP contribution is -2.36. The van der Waals surface area contributed by atoms with Gasteiger partial charge >= 0.3 is 0 Å². The Morgan fingerprint density at radius 1 is 1.67 bits per heavy atom. The van der Waals surface area contributed by atoms with Crippen molar-refractivity contribution in [3.05, 3.63) is 16.6 Å². The maximum absolute atomic E-state index is 9.66. The van der Waals surface area contributed by atoms with Crippen molar-refractivity contribution in [2.45, 2.75) is 19.6 Å². The first-order valence-electron chi connectivity index (χ1n) is 5.16. The highest BCUT2D eigenvalue weighted by atomic mass is 32.1. The lowest BCUT2D eigenvalue weighted by Gasteiger charge is -2.19. The van der Waals surface area contributed by atoms with Gasteiger partial charge in [0.15, 0.2) is 0 Å². The van der Waals surface area contributed by atoms with Crippen LogP contribution in [0.15, 0.2) is 10.9 Å². The average molecular weight is 229 g/mol. The molecule has 1 aromatic rings. The van der Waals surface area contributed by atoms with Crippen LogP contribution in [0.1, 0.15) is 12.6 Å². The van der Waals surface area contributed by atoms with Gasteiger partial charge in [-0.25, -0.2) is 4.98 Å². The maximum atomic E-state index is 9.66. The van der Waals surface area contributed by atoms with Crippen molar-refractivity contribution in [3.8, 4) is 0 Å². The average Bonchev–Trinajstić information content (AvgIpc) is 2.67. The molecule has 0 radical (unpaired) electrons. The van der Waals surface area contributed by atoms with Crippen molar-refractivity contribution in [1.82, 2.24) is 15.2 Å². The highest BCUT2D eigenvalue weighted by Crippen LogP contribution is 2.04. The molecule has 0 aliphatic heterocycles. The Labute approximate surface area is 94.9 Å². The summed E-state index contributed by atoms with van der Waals surface area (Å²) in [6, 6.07) is 0. The molecule has 1 rings (SSSR count). The summed E-state index contributed by atoms with van der Waals surface area (Å²) in [6.45, 7) is 5.05. The van der Waals surface area contributed by atoms with Gasteiger partial charge in [-0.1, -0.05) is 6.92 Å². The van der Waals surface area contributed by atoms with Gasteiger partial charge in [0, 0.05) is 25.0 Å². The number of likely N-dealkylation sites (N-methyl/N-ethyl adjacent to an activating group) is 2. The minimum absolute atomic E-state index is 0.311.